The lowest BCUT2D eigenvalue weighted by atomic mass is 10.0. The predicted molar refractivity (Wildman–Crippen MR) is 126 cm³/mol. The van der Waals surface area contributed by atoms with Crippen LogP contribution in [0.5, 0.6) is 11.5 Å². The second-order valence-corrected chi connectivity index (χ2v) is 7.39. The van der Waals surface area contributed by atoms with Crippen LogP contribution in [0, 0.1) is 37.3 Å². The average molecular weight is 472 g/mol. The third-order valence-corrected chi connectivity index (χ3v) is 5.14. The SMILES string of the molecule is Cc1nc(-c2ccccc2)cc(-c2ccccc2)c1Oc1c([N+](=O)[O-])cc([N+](=O)[O-])cc1[N+](=O)[O-]. The summed E-state index contributed by atoms with van der Waals surface area (Å²) in [6, 6.07) is 21.2. The first-order valence-corrected chi connectivity index (χ1v) is 10.2. The van der Waals surface area contributed by atoms with E-state index in [9.17, 15) is 30.3 Å². The van der Waals surface area contributed by atoms with E-state index in [4.69, 9.17) is 4.74 Å². The van der Waals surface area contributed by atoms with Gasteiger partial charge >= 0.3 is 11.4 Å². The van der Waals surface area contributed by atoms with Crippen LogP contribution in [-0.2, 0) is 0 Å². The first kappa shape index (κ1) is 23.0. The molecule has 0 aliphatic heterocycles. The highest BCUT2D eigenvalue weighted by atomic mass is 16.6. The third kappa shape index (κ3) is 4.64. The van der Waals surface area contributed by atoms with Crippen molar-refractivity contribution >= 4 is 17.1 Å². The van der Waals surface area contributed by atoms with E-state index in [1.165, 1.54) is 0 Å². The average Bonchev–Trinajstić information content (AvgIpc) is 2.85. The van der Waals surface area contributed by atoms with E-state index < -0.39 is 37.6 Å². The fraction of sp³-hybridized carbons (Fsp3) is 0.0417. The number of aromatic nitrogens is 1. The Morgan fingerprint density at radius 2 is 1.20 bits per heavy atom. The number of nitro groups is 3. The number of aryl methyl sites for hydroxylation is 1. The number of ether oxygens (including phenoxy) is 1. The van der Waals surface area contributed by atoms with E-state index in [1.54, 1.807) is 37.3 Å². The third-order valence-electron chi connectivity index (χ3n) is 5.14. The van der Waals surface area contributed by atoms with E-state index in [-0.39, 0.29) is 5.75 Å². The summed E-state index contributed by atoms with van der Waals surface area (Å²) in [5.74, 6) is -0.670. The largest absolute Gasteiger partial charge is 0.442 e. The zero-order valence-electron chi connectivity index (χ0n) is 18.2. The van der Waals surface area contributed by atoms with Crippen molar-refractivity contribution in [3.63, 3.8) is 0 Å². The number of rotatable bonds is 7. The van der Waals surface area contributed by atoms with Crippen LogP contribution in [-0.4, -0.2) is 19.8 Å². The molecule has 0 radical (unpaired) electrons. The summed E-state index contributed by atoms with van der Waals surface area (Å²) in [5, 5.41) is 34.6. The van der Waals surface area contributed by atoms with Gasteiger partial charge in [0, 0.05) is 11.1 Å². The molecule has 174 valence electrons. The number of pyridine rings is 1. The molecule has 1 aromatic heterocycles. The summed E-state index contributed by atoms with van der Waals surface area (Å²) in [5.41, 5.74) is 0.276. The van der Waals surface area contributed by atoms with Crippen molar-refractivity contribution in [2.24, 2.45) is 0 Å². The molecule has 0 spiro atoms. The van der Waals surface area contributed by atoms with Gasteiger partial charge in [-0.1, -0.05) is 60.7 Å². The molecule has 4 aromatic rings. The van der Waals surface area contributed by atoms with Crippen LogP contribution in [0.3, 0.4) is 0 Å². The summed E-state index contributed by atoms with van der Waals surface area (Å²) in [6.07, 6.45) is 0. The van der Waals surface area contributed by atoms with Crippen LogP contribution in [0.2, 0.25) is 0 Å². The highest BCUT2D eigenvalue weighted by Crippen LogP contribution is 2.46. The number of nitro benzene ring substituents is 3. The van der Waals surface area contributed by atoms with Gasteiger partial charge < -0.3 is 4.74 Å². The molecule has 0 aliphatic rings. The molecular weight excluding hydrogens is 456 g/mol. The van der Waals surface area contributed by atoms with Gasteiger partial charge in [-0.2, -0.15) is 0 Å². The van der Waals surface area contributed by atoms with Gasteiger partial charge in [0.2, 0.25) is 0 Å². The highest BCUT2D eigenvalue weighted by molar-refractivity contribution is 5.78. The van der Waals surface area contributed by atoms with E-state index >= 15 is 0 Å². The zero-order valence-corrected chi connectivity index (χ0v) is 18.2. The van der Waals surface area contributed by atoms with Crippen molar-refractivity contribution in [1.29, 1.82) is 0 Å². The molecule has 0 aliphatic carbocycles. The minimum Gasteiger partial charge on any atom is -0.442 e. The van der Waals surface area contributed by atoms with Crippen LogP contribution in [0.15, 0.2) is 78.9 Å². The number of benzene rings is 3. The number of hydrogen-bond donors (Lipinski definition) is 0. The Balaban J connectivity index is 1.97. The molecule has 35 heavy (non-hydrogen) atoms. The Morgan fingerprint density at radius 1 is 0.686 bits per heavy atom. The Morgan fingerprint density at radius 3 is 1.69 bits per heavy atom. The Bertz CT molecular complexity index is 1420. The highest BCUT2D eigenvalue weighted by Gasteiger charge is 2.33. The monoisotopic (exact) mass is 472 g/mol. The van der Waals surface area contributed by atoms with E-state index in [0.717, 1.165) is 5.56 Å². The molecule has 0 atom stereocenters. The summed E-state index contributed by atoms with van der Waals surface area (Å²) in [6.45, 7) is 1.61. The minimum atomic E-state index is -0.960. The van der Waals surface area contributed by atoms with Crippen LogP contribution in [0.25, 0.3) is 22.4 Å². The fourth-order valence-electron chi connectivity index (χ4n) is 3.55. The molecule has 0 saturated carbocycles. The topological polar surface area (TPSA) is 152 Å². The smallest absolute Gasteiger partial charge is 0.325 e. The summed E-state index contributed by atoms with van der Waals surface area (Å²) >= 11 is 0. The Hall–Kier alpha value is -5.19. The minimum absolute atomic E-state index is 0.0518. The van der Waals surface area contributed by atoms with Crippen LogP contribution >= 0.6 is 0 Å². The Labute approximate surface area is 197 Å². The first-order chi connectivity index (χ1) is 16.8. The van der Waals surface area contributed by atoms with Crippen LogP contribution in [0.4, 0.5) is 17.1 Å². The van der Waals surface area contributed by atoms with Gasteiger partial charge in [0.25, 0.3) is 11.4 Å². The molecule has 0 N–H and O–H groups in total. The quantitative estimate of drug-likeness (QED) is 0.226. The summed E-state index contributed by atoms with van der Waals surface area (Å²) in [4.78, 5) is 36.3. The van der Waals surface area contributed by atoms with Gasteiger partial charge in [-0.05, 0) is 18.6 Å². The van der Waals surface area contributed by atoms with Crippen molar-refractivity contribution < 1.29 is 19.5 Å². The van der Waals surface area contributed by atoms with Gasteiger partial charge in [0.1, 0.15) is 0 Å². The molecule has 0 unspecified atom stereocenters. The van der Waals surface area contributed by atoms with Crippen molar-refractivity contribution in [1.82, 2.24) is 4.98 Å². The van der Waals surface area contributed by atoms with Crippen molar-refractivity contribution in [3.05, 3.63) is 115 Å². The van der Waals surface area contributed by atoms with Gasteiger partial charge in [0.05, 0.1) is 38.3 Å². The molecule has 4 rings (SSSR count). The van der Waals surface area contributed by atoms with Crippen molar-refractivity contribution in [3.8, 4) is 33.9 Å². The second kappa shape index (κ2) is 9.35. The molecule has 0 fully saturated rings. The standard InChI is InChI=1S/C24H16N4O7/c1-15-23(35-24-21(27(31)32)12-18(26(29)30)13-22(24)28(33)34)19(16-8-4-2-5-9-16)14-20(25-15)17-10-6-3-7-11-17/h2-14H,1H3. The number of non-ortho nitro benzene ring substituents is 1. The lowest BCUT2D eigenvalue weighted by Crippen LogP contribution is -2.03. The summed E-state index contributed by atoms with van der Waals surface area (Å²) < 4.78 is 5.84. The normalized spacial score (nSPS) is 10.5. The molecule has 11 nitrogen and oxygen atoms in total. The molecule has 0 bridgehead atoms. The predicted octanol–water partition coefficient (Wildman–Crippen LogP) is 6.24. The Kier molecular flexibility index (Phi) is 6.14. The maximum absolute atomic E-state index is 11.7. The molecule has 0 saturated heterocycles. The molecule has 1 heterocycles. The molecular formula is C24H16N4O7. The molecule has 11 heteroatoms. The van der Waals surface area contributed by atoms with Crippen molar-refractivity contribution in [2.45, 2.75) is 6.92 Å². The van der Waals surface area contributed by atoms with Crippen LogP contribution < -0.4 is 4.74 Å². The van der Waals surface area contributed by atoms with Gasteiger partial charge in [-0.3, -0.25) is 30.3 Å². The van der Waals surface area contributed by atoms with Crippen molar-refractivity contribution in [2.75, 3.05) is 0 Å². The number of nitrogens with zero attached hydrogens (tertiary/aromatic N) is 4. The van der Waals surface area contributed by atoms with Gasteiger partial charge in [-0.25, -0.2) is 4.98 Å². The van der Waals surface area contributed by atoms with Gasteiger partial charge in [0.15, 0.2) is 5.75 Å². The maximum Gasteiger partial charge on any atom is 0.325 e. The van der Waals surface area contributed by atoms with E-state index in [1.807, 2.05) is 36.4 Å². The number of hydrogen-bond acceptors (Lipinski definition) is 8. The summed E-state index contributed by atoms with van der Waals surface area (Å²) in [7, 11) is 0. The maximum atomic E-state index is 11.7. The lowest BCUT2D eigenvalue weighted by molar-refractivity contribution is -0.404. The van der Waals surface area contributed by atoms with Crippen LogP contribution in [0.1, 0.15) is 5.69 Å². The fourth-order valence-corrected chi connectivity index (χ4v) is 3.55. The lowest BCUT2D eigenvalue weighted by Gasteiger charge is -2.16. The first-order valence-electron chi connectivity index (χ1n) is 10.2. The van der Waals surface area contributed by atoms with E-state index in [2.05, 4.69) is 4.98 Å². The molecule has 3 aromatic carbocycles. The molecule has 0 amide bonds. The second-order valence-electron chi connectivity index (χ2n) is 7.39. The van der Waals surface area contributed by atoms with Gasteiger partial charge in [-0.15, -0.1) is 0 Å². The van der Waals surface area contributed by atoms with E-state index in [0.29, 0.717) is 34.6 Å². The zero-order chi connectivity index (χ0) is 25.1.